The van der Waals surface area contributed by atoms with E-state index >= 15 is 0 Å². The average Bonchev–Trinajstić information content (AvgIpc) is 2.41. The molecule has 0 spiro atoms. The Morgan fingerprint density at radius 2 is 0.895 bits per heavy atom. The Balaban J connectivity index is 0.000000324. The second-order valence-electron chi connectivity index (χ2n) is 3.39. The van der Waals surface area contributed by atoms with Crippen LogP contribution in [0.2, 0.25) is 0 Å². The molecular weight excluding hydrogens is 393 g/mol. The molecule has 103 valence electrons. The van der Waals surface area contributed by atoms with Crippen molar-refractivity contribution in [1.29, 1.82) is 0 Å². The molecule has 0 saturated carbocycles. The van der Waals surface area contributed by atoms with E-state index in [1.165, 1.54) is 0 Å². The molecule has 0 aromatic heterocycles. The first-order chi connectivity index (χ1) is 8.61. The van der Waals surface area contributed by atoms with Crippen molar-refractivity contribution in [2.75, 3.05) is 0 Å². The van der Waals surface area contributed by atoms with E-state index in [4.69, 9.17) is 11.5 Å². The van der Waals surface area contributed by atoms with Crippen molar-refractivity contribution < 1.29 is 47.3 Å². The Kier molecular flexibility index (Phi) is 8.87. The third-order valence-electron chi connectivity index (χ3n) is 2.07. The zero-order chi connectivity index (χ0) is 13.4. The van der Waals surface area contributed by atoms with E-state index < -0.39 is 11.8 Å². The molecular formula is C14H12HoN2O2-2. The molecule has 1 radical (unpaired) electrons. The van der Waals surface area contributed by atoms with Crippen LogP contribution >= 0.6 is 0 Å². The van der Waals surface area contributed by atoms with E-state index in [1.54, 1.807) is 48.5 Å². The zero-order valence-electron chi connectivity index (χ0n) is 9.89. The molecule has 0 unspecified atom stereocenters. The van der Waals surface area contributed by atoms with E-state index in [9.17, 15) is 9.59 Å². The summed E-state index contributed by atoms with van der Waals surface area (Å²) in [6, 6.07) is 17.1. The van der Waals surface area contributed by atoms with E-state index in [0.717, 1.165) is 0 Å². The van der Waals surface area contributed by atoms with Crippen LogP contribution < -0.4 is 0 Å². The van der Waals surface area contributed by atoms with E-state index in [2.05, 4.69) is 0 Å². The number of carbonyl (C=O) groups excluding carboxylic acids is 2. The average molecular weight is 405 g/mol. The summed E-state index contributed by atoms with van der Waals surface area (Å²) in [4.78, 5) is 20.6. The Labute approximate surface area is 141 Å². The fourth-order valence-corrected chi connectivity index (χ4v) is 1.18. The predicted octanol–water partition coefficient (Wildman–Crippen LogP) is 3.76. The van der Waals surface area contributed by atoms with Gasteiger partial charge in [-0.1, -0.05) is 60.7 Å². The number of hydrogen-bond acceptors (Lipinski definition) is 2. The summed E-state index contributed by atoms with van der Waals surface area (Å²) in [6.45, 7) is 0. The topological polar surface area (TPSA) is 81.7 Å². The van der Waals surface area contributed by atoms with Crippen molar-refractivity contribution in [3.63, 3.8) is 0 Å². The number of nitrogens with one attached hydrogen (secondary N) is 2. The molecule has 0 atom stereocenters. The van der Waals surface area contributed by atoms with Crippen LogP contribution in [-0.2, 0) is 0 Å². The Morgan fingerprint density at radius 3 is 1.05 bits per heavy atom. The van der Waals surface area contributed by atoms with Gasteiger partial charge in [0.25, 0.3) is 0 Å². The second-order valence-corrected chi connectivity index (χ2v) is 3.39. The van der Waals surface area contributed by atoms with Gasteiger partial charge in [-0.05, 0) is 11.1 Å². The summed E-state index contributed by atoms with van der Waals surface area (Å²) in [5.74, 6) is -1.26. The molecule has 0 fully saturated rings. The van der Waals surface area contributed by atoms with Gasteiger partial charge in [0.1, 0.15) is 0 Å². The number of benzene rings is 2. The number of amides is 2. The van der Waals surface area contributed by atoms with Crippen molar-refractivity contribution in [2.24, 2.45) is 0 Å². The molecule has 2 N–H and O–H groups in total. The number of hydrogen-bond donors (Lipinski definition) is 0. The van der Waals surface area contributed by atoms with Gasteiger partial charge in [0.15, 0.2) is 0 Å². The Morgan fingerprint density at radius 1 is 0.632 bits per heavy atom. The minimum atomic E-state index is -0.629. The van der Waals surface area contributed by atoms with E-state index in [1.807, 2.05) is 12.1 Å². The maximum atomic E-state index is 10.3. The fourth-order valence-electron chi connectivity index (χ4n) is 1.18. The van der Waals surface area contributed by atoms with E-state index in [-0.39, 0.29) is 37.7 Å². The molecule has 0 aliphatic carbocycles. The first-order valence-corrected chi connectivity index (χ1v) is 5.23. The summed E-state index contributed by atoms with van der Waals surface area (Å²) in [5.41, 5.74) is 14.2. The van der Waals surface area contributed by atoms with Crippen molar-refractivity contribution >= 4 is 11.8 Å². The Bertz CT molecular complexity index is 466. The molecule has 4 nitrogen and oxygen atoms in total. The van der Waals surface area contributed by atoms with Gasteiger partial charge in [-0.25, -0.2) is 0 Å². The summed E-state index contributed by atoms with van der Waals surface area (Å²) in [5, 5.41) is 0. The summed E-state index contributed by atoms with van der Waals surface area (Å²) in [7, 11) is 0. The molecule has 0 bridgehead atoms. The van der Waals surface area contributed by atoms with Crippen LogP contribution in [0.25, 0.3) is 11.5 Å². The van der Waals surface area contributed by atoms with Crippen molar-refractivity contribution in [3.8, 4) is 0 Å². The van der Waals surface area contributed by atoms with Gasteiger partial charge in [0, 0.05) is 37.7 Å². The van der Waals surface area contributed by atoms with Gasteiger partial charge in [-0.15, -0.1) is 0 Å². The van der Waals surface area contributed by atoms with Crippen molar-refractivity contribution in [2.45, 2.75) is 0 Å². The summed E-state index contributed by atoms with van der Waals surface area (Å²) < 4.78 is 0. The third-order valence-corrected chi connectivity index (χ3v) is 2.07. The standard InChI is InChI=1S/2C7H7NO.Ho/c2*8-7(9)6-4-2-1-3-5-6;/h2*1-5H,(H2,8,9);/p-2. The smallest absolute Gasteiger partial charge is 0.0796 e. The molecule has 5 heteroatoms. The molecule has 2 aromatic carbocycles. The molecule has 0 aliphatic heterocycles. The maximum Gasteiger partial charge on any atom is 0.0796 e. The minimum absolute atomic E-state index is 0. The summed E-state index contributed by atoms with van der Waals surface area (Å²) >= 11 is 0. The normalized spacial score (nSPS) is 8.42. The van der Waals surface area contributed by atoms with Crippen LogP contribution in [0.15, 0.2) is 60.7 Å². The van der Waals surface area contributed by atoms with Crippen LogP contribution in [-0.4, -0.2) is 11.8 Å². The minimum Gasteiger partial charge on any atom is -0.664 e. The molecule has 0 aliphatic rings. The molecule has 2 amide bonds. The van der Waals surface area contributed by atoms with Crippen LogP contribution in [0, 0.1) is 37.7 Å². The van der Waals surface area contributed by atoms with Gasteiger partial charge < -0.3 is 21.1 Å². The van der Waals surface area contributed by atoms with E-state index in [0.29, 0.717) is 11.1 Å². The molecule has 0 heterocycles. The quantitative estimate of drug-likeness (QED) is 0.713. The first kappa shape index (κ1) is 17.6. The van der Waals surface area contributed by atoms with Gasteiger partial charge in [-0.2, -0.15) is 0 Å². The van der Waals surface area contributed by atoms with Crippen LogP contribution in [0.1, 0.15) is 20.7 Å². The van der Waals surface area contributed by atoms with Gasteiger partial charge >= 0.3 is 0 Å². The summed E-state index contributed by atoms with van der Waals surface area (Å²) in [6.07, 6.45) is 0. The third kappa shape index (κ3) is 6.96. The Hall–Kier alpha value is -1.36. The maximum absolute atomic E-state index is 10.3. The number of carbonyl (C=O) groups is 2. The van der Waals surface area contributed by atoms with Gasteiger partial charge in [0.05, 0.1) is 11.8 Å². The van der Waals surface area contributed by atoms with Gasteiger partial charge in [0.2, 0.25) is 0 Å². The molecule has 19 heavy (non-hydrogen) atoms. The van der Waals surface area contributed by atoms with Crippen LogP contribution in [0.3, 0.4) is 0 Å². The largest absolute Gasteiger partial charge is 0.664 e. The predicted molar refractivity (Wildman–Crippen MR) is 70.2 cm³/mol. The molecule has 0 saturated heterocycles. The van der Waals surface area contributed by atoms with Crippen molar-refractivity contribution in [3.05, 3.63) is 83.3 Å². The number of rotatable bonds is 2. The first-order valence-electron chi connectivity index (χ1n) is 5.23. The zero-order valence-corrected chi connectivity index (χ0v) is 11.8. The SMILES string of the molecule is [Ho].[NH-]C(=O)c1ccccc1.[NH-]C(=O)c1ccccc1. The van der Waals surface area contributed by atoms with Gasteiger partial charge in [-0.3, -0.25) is 0 Å². The van der Waals surface area contributed by atoms with Crippen LogP contribution in [0.4, 0.5) is 0 Å². The fraction of sp³-hybridized carbons (Fsp3) is 0. The monoisotopic (exact) mass is 405 g/mol. The van der Waals surface area contributed by atoms with Crippen molar-refractivity contribution in [1.82, 2.24) is 0 Å². The molecule has 2 rings (SSSR count). The second kappa shape index (κ2) is 9.55. The van der Waals surface area contributed by atoms with Crippen LogP contribution in [0.5, 0.6) is 0 Å². The molecule has 2 aromatic rings.